The highest BCUT2D eigenvalue weighted by Gasteiger charge is 2.08. The van der Waals surface area contributed by atoms with Crippen molar-refractivity contribution in [2.24, 2.45) is 4.99 Å². The molecule has 0 bridgehead atoms. The molecule has 1 aromatic heterocycles. The van der Waals surface area contributed by atoms with Crippen molar-refractivity contribution in [2.75, 3.05) is 13.1 Å². The van der Waals surface area contributed by atoms with Crippen molar-refractivity contribution in [2.45, 2.75) is 26.5 Å². The largest absolute Gasteiger partial charge is 0.387 e. The summed E-state index contributed by atoms with van der Waals surface area (Å²) < 4.78 is 0. The second-order valence-corrected chi connectivity index (χ2v) is 6.11. The van der Waals surface area contributed by atoms with Crippen LogP contribution in [0.4, 0.5) is 0 Å². The van der Waals surface area contributed by atoms with Gasteiger partial charge in [0.2, 0.25) is 0 Å². The number of hydrogen-bond acceptors (Lipinski definition) is 3. The van der Waals surface area contributed by atoms with E-state index in [0.29, 0.717) is 13.1 Å². The SMILES string of the molecule is CCNC(=NCc1cccs1)NCC(O)c1ccc(C)cc1. The fraction of sp³-hybridized carbons (Fsp3) is 0.353. The molecular formula is C17H23N3OS. The van der Waals surface area contributed by atoms with Crippen molar-refractivity contribution < 1.29 is 5.11 Å². The summed E-state index contributed by atoms with van der Waals surface area (Å²) >= 11 is 1.69. The Bertz CT molecular complexity index is 578. The Hall–Kier alpha value is -1.85. The van der Waals surface area contributed by atoms with E-state index in [1.165, 1.54) is 10.4 Å². The number of hydrogen-bond donors (Lipinski definition) is 3. The summed E-state index contributed by atoms with van der Waals surface area (Å²) in [5.41, 5.74) is 2.10. The van der Waals surface area contributed by atoms with E-state index in [2.05, 4.69) is 21.7 Å². The molecule has 5 heteroatoms. The summed E-state index contributed by atoms with van der Waals surface area (Å²) in [4.78, 5) is 5.75. The van der Waals surface area contributed by atoms with Gasteiger partial charge in [0.05, 0.1) is 12.6 Å². The second kappa shape index (κ2) is 8.56. The molecule has 2 rings (SSSR count). The van der Waals surface area contributed by atoms with E-state index >= 15 is 0 Å². The maximum absolute atomic E-state index is 10.2. The number of nitrogens with one attached hydrogen (secondary N) is 2. The minimum Gasteiger partial charge on any atom is -0.387 e. The fourth-order valence-corrected chi connectivity index (χ4v) is 2.63. The van der Waals surface area contributed by atoms with Crippen LogP contribution in [0.15, 0.2) is 46.8 Å². The summed E-state index contributed by atoms with van der Waals surface area (Å²) in [6.45, 7) is 5.93. The Labute approximate surface area is 135 Å². The van der Waals surface area contributed by atoms with Gasteiger partial charge in [-0.2, -0.15) is 0 Å². The fourth-order valence-electron chi connectivity index (χ4n) is 2.00. The third-order valence-electron chi connectivity index (χ3n) is 3.24. The number of guanidine groups is 1. The van der Waals surface area contributed by atoms with Crippen LogP contribution in [0.25, 0.3) is 0 Å². The highest BCUT2D eigenvalue weighted by Crippen LogP contribution is 2.13. The molecule has 1 unspecified atom stereocenters. The average molecular weight is 317 g/mol. The van der Waals surface area contributed by atoms with Crippen LogP contribution < -0.4 is 10.6 Å². The number of benzene rings is 1. The van der Waals surface area contributed by atoms with E-state index in [-0.39, 0.29) is 0 Å². The molecular weight excluding hydrogens is 294 g/mol. The summed E-state index contributed by atoms with van der Waals surface area (Å²) in [6.07, 6.45) is -0.550. The van der Waals surface area contributed by atoms with Gasteiger partial charge >= 0.3 is 0 Å². The molecule has 0 spiro atoms. The summed E-state index contributed by atoms with van der Waals surface area (Å²) in [7, 11) is 0. The van der Waals surface area contributed by atoms with Crippen molar-refractivity contribution in [3.8, 4) is 0 Å². The van der Waals surface area contributed by atoms with Gasteiger partial charge in [-0.15, -0.1) is 11.3 Å². The van der Waals surface area contributed by atoms with Crippen molar-refractivity contribution in [3.63, 3.8) is 0 Å². The molecule has 1 aromatic carbocycles. The molecule has 118 valence electrons. The first-order chi connectivity index (χ1) is 10.7. The Morgan fingerprint density at radius 1 is 1.23 bits per heavy atom. The molecule has 0 amide bonds. The van der Waals surface area contributed by atoms with Crippen molar-refractivity contribution in [1.29, 1.82) is 0 Å². The van der Waals surface area contributed by atoms with E-state index < -0.39 is 6.10 Å². The second-order valence-electron chi connectivity index (χ2n) is 5.08. The van der Waals surface area contributed by atoms with Crippen LogP contribution in [0.1, 0.15) is 29.0 Å². The van der Waals surface area contributed by atoms with Crippen LogP contribution in [0, 0.1) is 6.92 Å². The van der Waals surface area contributed by atoms with E-state index in [0.717, 1.165) is 18.1 Å². The van der Waals surface area contributed by atoms with Crippen LogP contribution in [-0.2, 0) is 6.54 Å². The molecule has 22 heavy (non-hydrogen) atoms. The van der Waals surface area contributed by atoms with Gasteiger partial charge in [0.15, 0.2) is 5.96 Å². The van der Waals surface area contributed by atoms with Gasteiger partial charge in [-0.3, -0.25) is 0 Å². The molecule has 1 heterocycles. The topological polar surface area (TPSA) is 56.7 Å². The number of rotatable bonds is 6. The first-order valence-electron chi connectivity index (χ1n) is 7.48. The first-order valence-corrected chi connectivity index (χ1v) is 8.36. The zero-order valence-electron chi connectivity index (χ0n) is 13.0. The number of aliphatic hydroxyl groups is 1. The van der Waals surface area contributed by atoms with Gasteiger partial charge < -0.3 is 15.7 Å². The van der Waals surface area contributed by atoms with Gasteiger partial charge in [-0.1, -0.05) is 35.9 Å². The van der Waals surface area contributed by atoms with Crippen LogP contribution in [0.5, 0.6) is 0 Å². The van der Waals surface area contributed by atoms with E-state index in [9.17, 15) is 5.11 Å². The molecule has 0 saturated heterocycles. The number of aliphatic imine (C=N–C) groups is 1. The Morgan fingerprint density at radius 3 is 2.64 bits per heavy atom. The van der Waals surface area contributed by atoms with Gasteiger partial charge in [0, 0.05) is 18.0 Å². The number of nitrogens with zero attached hydrogens (tertiary/aromatic N) is 1. The molecule has 4 nitrogen and oxygen atoms in total. The van der Waals surface area contributed by atoms with Crippen LogP contribution in [-0.4, -0.2) is 24.2 Å². The van der Waals surface area contributed by atoms with E-state index in [1.54, 1.807) is 11.3 Å². The minimum atomic E-state index is -0.550. The predicted octanol–water partition coefficient (Wildman–Crippen LogP) is 2.85. The maximum atomic E-state index is 10.2. The normalized spacial score (nSPS) is 13.0. The lowest BCUT2D eigenvalue weighted by molar-refractivity contribution is 0.181. The minimum absolute atomic E-state index is 0.430. The number of aliphatic hydroxyl groups excluding tert-OH is 1. The van der Waals surface area contributed by atoms with Crippen LogP contribution >= 0.6 is 11.3 Å². The molecule has 1 atom stereocenters. The van der Waals surface area contributed by atoms with E-state index in [1.807, 2.05) is 49.6 Å². The Kier molecular flexibility index (Phi) is 6.43. The lowest BCUT2D eigenvalue weighted by Crippen LogP contribution is -2.39. The smallest absolute Gasteiger partial charge is 0.191 e. The lowest BCUT2D eigenvalue weighted by atomic mass is 10.1. The molecule has 3 N–H and O–H groups in total. The zero-order chi connectivity index (χ0) is 15.8. The van der Waals surface area contributed by atoms with Gasteiger partial charge in [-0.25, -0.2) is 4.99 Å². The number of aryl methyl sites for hydroxylation is 1. The third kappa shape index (κ3) is 5.16. The average Bonchev–Trinajstić information content (AvgIpc) is 3.04. The molecule has 0 radical (unpaired) electrons. The zero-order valence-corrected chi connectivity index (χ0v) is 13.9. The van der Waals surface area contributed by atoms with Crippen molar-refractivity contribution in [3.05, 3.63) is 57.8 Å². The molecule has 0 aliphatic heterocycles. The third-order valence-corrected chi connectivity index (χ3v) is 4.10. The van der Waals surface area contributed by atoms with Gasteiger partial charge in [0.25, 0.3) is 0 Å². The molecule has 0 saturated carbocycles. The van der Waals surface area contributed by atoms with Crippen molar-refractivity contribution in [1.82, 2.24) is 10.6 Å². The molecule has 0 aliphatic carbocycles. The standard InChI is InChI=1S/C17H23N3OS/c1-3-18-17(19-11-15-5-4-10-22-15)20-12-16(21)14-8-6-13(2)7-9-14/h4-10,16,21H,3,11-12H2,1-2H3,(H2,18,19,20). The predicted molar refractivity (Wildman–Crippen MR) is 93.3 cm³/mol. The Morgan fingerprint density at radius 2 is 2.00 bits per heavy atom. The van der Waals surface area contributed by atoms with Crippen LogP contribution in [0.2, 0.25) is 0 Å². The summed E-state index contributed by atoms with van der Waals surface area (Å²) in [5.74, 6) is 0.724. The van der Waals surface area contributed by atoms with Gasteiger partial charge in [-0.05, 0) is 30.9 Å². The quantitative estimate of drug-likeness (QED) is 0.567. The van der Waals surface area contributed by atoms with Crippen LogP contribution in [0.3, 0.4) is 0 Å². The van der Waals surface area contributed by atoms with Gasteiger partial charge in [0.1, 0.15) is 0 Å². The Balaban J connectivity index is 1.90. The monoisotopic (exact) mass is 317 g/mol. The highest BCUT2D eigenvalue weighted by atomic mass is 32.1. The molecule has 0 aliphatic rings. The van der Waals surface area contributed by atoms with E-state index in [4.69, 9.17) is 0 Å². The summed E-state index contributed by atoms with van der Waals surface area (Å²) in [5, 5.41) is 18.7. The lowest BCUT2D eigenvalue weighted by Gasteiger charge is -2.15. The summed E-state index contributed by atoms with van der Waals surface area (Å²) in [6, 6.07) is 12.0. The van der Waals surface area contributed by atoms with Crippen molar-refractivity contribution >= 4 is 17.3 Å². The highest BCUT2D eigenvalue weighted by molar-refractivity contribution is 7.09. The number of thiophene rings is 1. The maximum Gasteiger partial charge on any atom is 0.191 e. The molecule has 0 fully saturated rings. The first kappa shape index (κ1) is 16.5. The molecule has 2 aromatic rings.